The molecular formula is C18H28N6O3. The Morgan fingerprint density at radius 3 is 2.63 bits per heavy atom. The molecule has 2 saturated heterocycles. The molecule has 9 nitrogen and oxygen atoms in total. The van der Waals surface area contributed by atoms with Crippen LogP contribution < -0.4 is 10.2 Å². The van der Waals surface area contributed by atoms with Crippen molar-refractivity contribution in [2.75, 3.05) is 51.8 Å². The SMILES string of the molecule is COC(=O)c1ccnc(N2CCN(C)CC2NC2CCN(C(C)=O)CC2)n1. The molecule has 3 heterocycles. The highest BCUT2D eigenvalue weighted by molar-refractivity contribution is 5.87. The molecule has 0 aromatic carbocycles. The zero-order valence-corrected chi connectivity index (χ0v) is 16.2. The highest BCUT2D eigenvalue weighted by Gasteiger charge is 2.31. The van der Waals surface area contributed by atoms with Crippen LogP contribution >= 0.6 is 0 Å². The molecule has 9 heteroatoms. The Bertz CT molecular complexity index is 677. The van der Waals surface area contributed by atoms with Gasteiger partial charge in [0.15, 0.2) is 5.69 Å². The van der Waals surface area contributed by atoms with Gasteiger partial charge in [0, 0.05) is 51.9 Å². The van der Waals surface area contributed by atoms with Crippen LogP contribution in [-0.4, -0.2) is 90.7 Å². The first-order valence-electron chi connectivity index (χ1n) is 9.36. The van der Waals surface area contributed by atoms with Gasteiger partial charge in [-0.1, -0.05) is 0 Å². The van der Waals surface area contributed by atoms with Crippen molar-refractivity contribution < 1.29 is 14.3 Å². The molecule has 1 aromatic heterocycles. The number of piperidine rings is 1. The van der Waals surface area contributed by atoms with E-state index in [0.29, 0.717) is 12.0 Å². The second-order valence-corrected chi connectivity index (χ2v) is 7.15. The molecule has 2 aliphatic heterocycles. The summed E-state index contributed by atoms with van der Waals surface area (Å²) < 4.78 is 4.77. The minimum atomic E-state index is -0.464. The zero-order chi connectivity index (χ0) is 19.4. The predicted molar refractivity (Wildman–Crippen MR) is 100 cm³/mol. The fraction of sp³-hybridized carbons (Fsp3) is 0.667. The van der Waals surface area contributed by atoms with E-state index in [1.54, 1.807) is 19.2 Å². The number of carbonyl (C=O) groups is 2. The number of ether oxygens (including phenoxy) is 1. The van der Waals surface area contributed by atoms with E-state index >= 15 is 0 Å². The first kappa shape index (κ1) is 19.5. The molecule has 0 saturated carbocycles. The molecule has 0 spiro atoms. The average molecular weight is 376 g/mol. The number of nitrogens with zero attached hydrogens (tertiary/aromatic N) is 5. The molecule has 27 heavy (non-hydrogen) atoms. The minimum absolute atomic E-state index is 0.0468. The van der Waals surface area contributed by atoms with E-state index < -0.39 is 5.97 Å². The van der Waals surface area contributed by atoms with Gasteiger partial charge in [0.25, 0.3) is 0 Å². The fourth-order valence-corrected chi connectivity index (χ4v) is 3.64. The second kappa shape index (κ2) is 8.62. The lowest BCUT2D eigenvalue weighted by Gasteiger charge is -2.43. The fourth-order valence-electron chi connectivity index (χ4n) is 3.64. The van der Waals surface area contributed by atoms with E-state index in [2.05, 4.69) is 32.1 Å². The zero-order valence-electron chi connectivity index (χ0n) is 16.2. The quantitative estimate of drug-likeness (QED) is 0.731. The van der Waals surface area contributed by atoms with Gasteiger partial charge >= 0.3 is 5.97 Å². The second-order valence-electron chi connectivity index (χ2n) is 7.15. The van der Waals surface area contributed by atoms with Crippen molar-refractivity contribution in [2.45, 2.75) is 32.0 Å². The molecule has 148 valence electrons. The molecule has 0 bridgehead atoms. The molecule has 2 fully saturated rings. The highest BCUT2D eigenvalue weighted by Crippen LogP contribution is 2.18. The van der Waals surface area contributed by atoms with Gasteiger partial charge < -0.3 is 19.4 Å². The molecule has 0 radical (unpaired) electrons. The van der Waals surface area contributed by atoms with E-state index in [9.17, 15) is 9.59 Å². The number of anilines is 1. The number of esters is 1. The first-order valence-corrected chi connectivity index (χ1v) is 9.36. The minimum Gasteiger partial charge on any atom is -0.464 e. The lowest BCUT2D eigenvalue weighted by Crippen LogP contribution is -2.62. The number of nitrogens with one attached hydrogen (secondary N) is 1. The van der Waals surface area contributed by atoms with Gasteiger partial charge in [-0.3, -0.25) is 10.1 Å². The summed E-state index contributed by atoms with van der Waals surface area (Å²) in [5.41, 5.74) is 0.259. The molecule has 1 amide bonds. The summed E-state index contributed by atoms with van der Waals surface area (Å²) in [6, 6.07) is 1.90. The third kappa shape index (κ3) is 4.72. The average Bonchev–Trinajstić information content (AvgIpc) is 2.68. The molecule has 3 rings (SSSR count). The number of likely N-dealkylation sites (N-methyl/N-ethyl adjacent to an activating group) is 1. The Labute approximate surface area is 159 Å². The first-order chi connectivity index (χ1) is 13.0. The summed E-state index contributed by atoms with van der Waals surface area (Å²) in [4.78, 5) is 38.4. The summed E-state index contributed by atoms with van der Waals surface area (Å²) in [7, 11) is 3.44. The highest BCUT2D eigenvalue weighted by atomic mass is 16.5. The van der Waals surface area contributed by atoms with Crippen LogP contribution in [0.15, 0.2) is 12.3 Å². The normalized spacial score (nSPS) is 22.0. The smallest absolute Gasteiger partial charge is 0.356 e. The summed E-state index contributed by atoms with van der Waals surface area (Å²) in [6.45, 7) is 5.68. The third-order valence-electron chi connectivity index (χ3n) is 5.25. The molecule has 1 aromatic rings. The summed E-state index contributed by atoms with van der Waals surface area (Å²) in [6.07, 6.45) is 3.49. The van der Waals surface area contributed by atoms with Gasteiger partial charge in [-0.15, -0.1) is 0 Å². The van der Waals surface area contributed by atoms with E-state index in [1.807, 2.05) is 4.90 Å². The Morgan fingerprint density at radius 1 is 1.22 bits per heavy atom. The van der Waals surface area contributed by atoms with Crippen LogP contribution in [0.5, 0.6) is 0 Å². The van der Waals surface area contributed by atoms with E-state index in [0.717, 1.165) is 45.6 Å². The molecule has 1 atom stereocenters. The number of aromatic nitrogens is 2. The number of amides is 1. The predicted octanol–water partition coefficient (Wildman–Crippen LogP) is -0.0584. The summed E-state index contributed by atoms with van der Waals surface area (Å²) in [5.74, 6) is 0.207. The molecular weight excluding hydrogens is 348 g/mol. The Balaban J connectivity index is 1.70. The van der Waals surface area contributed by atoms with Crippen molar-refractivity contribution in [2.24, 2.45) is 0 Å². The Hall–Kier alpha value is -2.26. The third-order valence-corrected chi connectivity index (χ3v) is 5.25. The number of piperazine rings is 1. The van der Waals surface area contributed by atoms with Crippen LogP contribution in [0.2, 0.25) is 0 Å². The topological polar surface area (TPSA) is 90.9 Å². The van der Waals surface area contributed by atoms with Crippen molar-refractivity contribution in [3.63, 3.8) is 0 Å². The van der Waals surface area contributed by atoms with Crippen molar-refractivity contribution in [1.29, 1.82) is 0 Å². The Morgan fingerprint density at radius 2 is 1.96 bits per heavy atom. The molecule has 2 aliphatic rings. The van der Waals surface area contributed by atoms with Crippen molar-refractivity contribution in [3.05, 3.63) is 18.0 Å². The van der Waals surface area contributed by atoms with Gasteiger partial charge in [-0.2, -0.15) is 0 Å². The molecule has 1 N–H and O–H groups in total. The molecule has 0 aliphatic carbocycles. The van der Waals surface area contributed by atoms with Gasteiger partial charge in [0.05, 0.1) is 13.3 Å². The number of carbonyl (C=O) groups excluding carboxylic acids is 2. The van der Waals surface area contributed by atoms with Crippen LogP contribution in [0.1, 0.15) is 30.3 Å². The van der Waals surface area contributed by atoms with Crippen LogP contribution in [-0.2, 0) is 9.53 Å². The van der Waals surface area contributed by atoms with Gasteiger partial charge in [0.1, 0.15) is 0 Å². The summed E-state index contributed by atoms with van der Waals surface area (Å²) in [5, 5.41) is 3.71. The summed E-state index contributed by atoms with van der Waals surface area (Å²) >= 11 is 0. The van der Waals surface area contributed by atoms with Crippen molar-refractivity contribution in [3.8, 4) is 0 Å². The maximum Gasteiger partial charge on any atom is 0.356 e. The lowest BCUT2D eigenvalue weighted by atomic mass is 10.0. The van der Waals surface area contributed by atoms with Crippen LogP contribution in [0.25, 0.3) is 0 Å². The maximum absolute atomic E-state index is 11.8. The molecule has 1 unspecified atom stereocenters. The van der Waals surface area contributed by atoms with Gasteiger partial charge in [-0.05, 0) is 26.0 Å². The van der Waals surface area contributed by atoms with Gasteiger partial charge in [-0.25, -0.2) is 14.8 Å². The van der Waals surface area contributed by atoms with Crippen molar-refractivity contribution in [1.82, 2.24) is 25.1 Å². The van der Waals surface area contributed by atoms with E-state index in [-0.39, 0.29) is 17.8 Å². The lowest BCUT2D eigenvalue weighted by molar-refractivity contribution is -0.129. The number of likely N-dealkylation sites (tertiary alicyclic amines) is 1. The maximum atomic E-state index is 11.8. The van der Waals surface area contributed by atoms with Crippen molar-refractivity contribution >= 4 is 17.8 Å². The van der Waals surface area contributed by atoms with E-state index in [1.165, 1.54) is 7.11 Å². The number of rotatable bonds is 4. The Kier molecular flexibility index (Phi) is 6.22. The van der Waals surface area contributed by atoms with Crippen LogP contribution in [0.3, 0.4) is 0 Å². The van der Waals surface area contributed by atoms with Crippen LogP contribution in [0.4, 0.5) is 5.95 Å². The largest absolute Gasteiger partial charge is 0.464 e. The van der Waals surface area contributed by atoms with Gasteiger partial charge in [0.2, 0.25) is 11.9 Å². The number of hydrogen-bond acceptors (Lipinski definition) is 8. The van der Waals surface area contributed by atoms with Crippen LogP contribution in [0, 0.1) is 0 Å². The number of hydrogen-bond donors (Lipinski definition) is 1. The monoisotopic (exact) mass is 376 g/mol. The standard InChI is InChI=1S/C18H28N6O3/c1-13(25)23-8-5-14(6-9-23)20-16-12-22(2)10-11-24(16)18-19-7-4-15(21-18)17(26)27-3/h4,7,14,16,20H,5-6,8-12H2,1-3H3. The number of methoxy groups -OCH3 is 1. The van der Waals surface area contributed by atoms with E-state index in [4.69, 9.17) is 4.74 Å².